The number of hydrogen-bond acceptors (Lipinski definition) is 3. The summed E-state index contributed by atoms with van der Waals surface area (Å²) in [6.07, 6.45) is 1.77. The molecule has 4 nitrogen and oxygen atoms in total. The fourth-order valence-electron chi connectivity index (χ4n) is 2.42. The van der Waals surface area contributed by atoms with Crippen LogP contribution in [0.2, 0.25) is 0 Å². The number of benzene rings is 1. The summed E-state index contributed by atoms with van der Waals surface area (Å²) in [6, 6.07) is 10.2. The standard InChI is InChI=1S/C16H18N4/c1-10-14(11-6-4-5-7-12(11)19-10)13-8-9-18-15(20-13)16(2,3)17/h4-9,19H,17H2,1-3H3. The van der Waals surface area contributed by atoms with Crippen LogP contribution in [-0.2, 0) is 5.54 Å². The zero-order valence-corrected chi connectivity index (χ0v) is 11.9. The first-order valence-corrected chi connectivity index (χ1v) is 6.67. The van der Waals surface area contributed by atoms with E-state index < -0.39 is 5.54 Å². The van der Waals surface area contributed by atoms with Gasteiger partial charge in [-0.2, -0.15) is 0 Å². The minimum Gasteiger partial charge on any atom is -0.358 e. The first kappa shape index (κ1) is 12.8. The smallest absolute Gasteiger partial charge is 0.148 e. The van der Waals surface area contributed by atoms with Gasteiger partial charge >= 0.3 is 0 Å². The van der Waals surface area contributed by atoms with Gasteiger partial charge in [-0.15, -0.1) is 0 Å². The molecule has 0 fully saturated rings. The predicted octanol–water partition coefficient (Wildman–Crippen LogP) is 3.13. The molecule has 0 aliphatic rings. The lowest BCUT2D eigenvalue weighted by Gasteiger charge is -2.17. The molecule has 0 atom stereocenters. The molecule has 4 heteroatoms. The normalized spacial score (nSPS) is 12.0. The van der Waals surface area contributed by atoms with E-state index in [0.717, 1.165) is 22.5 Å². The quantitative estimate of drug-likeness (QED) is 0.748. The van der Waals surface area contributed by atoms with Crippen molar-refractivity contribution in [2.75, 3.05) is 0 Å². The van der Waals surface area contributed by atoms with Crippen LogP contribution in [0.5, 0.6) is 0 Å². The summed E-state index contributed by atoms with van der Waals surface area (Å²) in [5, 5.41) is 1.17. The van der Waals surface area contributed by atoms with Gasteiger partial charge in [0.25, 0.3) is 0 Å². The molecule has 2 aromatic heterocycles. The summed E-state index contributed by atoms with van der Waals surface area (Å²) in [5.41, 5.74) is 9.80. The van der Waals surface area contributed by atoms with Gasteiger partial charge in [0.2, 0.25) is 0 Å². The number of H-pyrrole nitrogens is 1. The molecule has 0 bridgehead atoms. The Balaban J connectivity index is 2.24. The van der Waals surface area contributed by atoms with Gasteiger partial charge in [-0.25, -0.2) is 9.97 Å². The summed E-state index contributed by atoms with van der Waals surface area (Å²) >= 11 is 0. The molecule has 20 heavy (non-hydrogen) atoms. The highest BCUT2D eigenvalue weighted by atomic mass is 15.0. The number of aryl methyl sites for hydroxylation is 1. The number of aromatic nitrogens is 3. The average Bonchev–Trinajstić information content (AvgIpc) is 2.73. The van der Waals surface area contributed by atoms with E-state index in [1.165, 1.54) is 5.39 Å². The van der Waals surface area contributed by atoms with Crippen LogP contribution < -0.4 is 5.73 Å². The molecular formula is C16H18N4. The maximum atomic E-state index is 6.10. The van der Waals surface area contributed by atoms with E-state index in [2.05, 4.69) is 34.0 Å². The first-order chi connectivity index (χ1) is 9.47. The average molecular weight is 266 g/mol. The lowest BCUT2D eigenvalue weighted by molar-refractivity contribution is 0.514. The molecule has 0 radical (unpaired) electrons. The Morgan fingerprint density at radius 3 is 2.65 bits per heavy atom. The molecule has 3 aromatic rings. The molecule has 0 spiro atoms. The molecule has 0 unspecified atom stereocenters. The number of nitrogens with one attached hydrogen (secondary N) is 1. The number of nitrogens with two attached hydrogens (primary N) is 1. The molecule has 0 aliphatic carbocycles. The number of fused-ring (bicyclic) bond motifs is 1. The van der Waals surface area contributed by atoms with Gasteiger partial charge in [0, 0.05) is 28.4 Å². The van der Waals surface area contributed by atoms with E-state index in [9.17, 15) is 0 Å². The molecule has 2 heterocycles. The lowest BCUT2D eigenvalue weighted by atomic mass is 10.0. The zero-order chi connectivity index (χ0) is 14.3. The van der Waals surface area contributed by atoms with Crippen LogP contribution in [0.4, 0.5) is 0 Å². The highest BCUT2D eigenvalue weighted by Gasteiger charge is 2.19. The van der Waals surface area contributed by atoms with Crippen LogP contribution in [0.3, 0.4) is 0 Å². The van der Waals surface area contributed by atoms with Gasteiger partial charge < -0.3 is 10.7 Å². The Morgan fingerprint density at radius 2 is 1.90 bits per heavy atom. The Labute approximate surface area is 118 Å². The van der Waals surface area contributed by atoms with Crippen LogP contribution in [0, 0.1) is 6.92 Å². The summed E-state index contributed by atoms with van der Waals surface area (Å²) < 4.78 is 0. The van der Waals surface area contributed by atoms with E-state index in [1.54, 1.807) is 6.20 Å². The van der Waals surface area contributed by atoms with Crippen molar-refractivity contribution in [3.8, 4) is 11.3 Å². The molecule has 0 saturated carbocycles. The topological polar surface area (TPSA) is 67.6 Å². The summed E-state index contributed by atoms with van der Waals surface area (Å²) in [6.45, 7) is 5.88. The van der Waals surface area contributed by atoms with Crippen molar-refractivity contribution in [3.63, 3.8) is 0 Å². The molecule has 102 valence electrons. The maximum absolute atomic E-state index is 6.10. The summed E-state index contributed by atoms with van der Waals surface area (Å²) in [7, 11) is 0. The number of rotatable bonds is 2. The van der Waals surface area contributed by atoms with Crippen molar-refractivity contribution in [2.45, 2.75) is 26.3 Å². The third-order valence-corrected chi connectivity index (χ3v) is 3.38. The Kier molecular flexibility index (Phi) is 2.83. The van der Waals surface area contributed by atoms with E-state index in [4.69, 9.17) is 5.73 Å². The lowest BCUT2D eigenvalue weighted by Crippen LogP contribution is -2.31. The van der Waals surface area contributed by atoms with Crippen molar-refractivity contribution in [3.05, 3.63) is 48.0 Å². The van der Waals surface area contributed by atoms with Crippen molar-refractivity contribution in [1.29, 1.82) is 0 Å². The minimum atomic E-state index is -0.546. The Bertz CT molecular complexity index is 765. The molecule has 1 aromatic carbocycles. The van der Waals surface area contributed by atoms with Gasteiger partial charge in [-0.05, 0) is 32.9 Å². The predicted molar refractivity (Wildman–Crippen MR) is 81.3 cm³/mol. The molecule has 0 aliphatic heterocycles. The van der Waals surface area contributed by atoms with E-state index in [0.29, 0.717) is 5.82 Å². The second-order valence-electron chi connectivity index (χ2n) is 5.66. The molecule has 3 rings (SSSR count). The van der Waals surface area contributed by atoms with Crippen LogP contribution in [0.15, 0.2) is 36.5 Å². The SMILES string of the molecule is Cc1[nH]c2ccccc2c1-c1ccnc(C(C)(C)N)n1. The van der Waals surface area contributed by atoms with Crippen LogP contribution >= 0.6 is 0 Å². The molecule has 0 amide bonds. The van der Waals surface area contributed by atoms with Crippen molar-refractivity contribution in [1.82, 2.24) is 15.0 Å². The highest BCUT2D eigenvalue weighted by molar-refractivity contribution is 5.96. The number of aromatic amines is 1. The highest BCUT2D eigenvalue weighted by Crippen LogP contribution is 2.31. The number of hydrogen-bond donors (Lipinski definition) is 2. The van der Waals surface area contributed by atoms with E-state index in [-0.39, 0.29) is 0 Å². The summed E-state index contributed by atoms with van der Waals surface area (Å²) in [4.78, 5) is 12.3. The summed E-state index contributed by atoms with van der Waals surface area (Å²) in [5.74, 6) is 0.652. The Hall–Kier alpha value is -2.20. The second-order valence-corrected chi connectivity index (χ2v) is 5.66. The maximum Gasteiger partial charge on any atom is 0.148 e. The van der Waals surface area contributed by atoms with Crippen molar-refractivity contribution < 1.29 is 0 Å². The van der Waals surface area contributed by atoms with Crippen molar-refractivity contribution >= 4 is 10.9 Å². The third kappa shape index (κ3) is 2.08. The fourth-order valence-corrected chi connectivity index (χ4v) is 2.42. The zero-order valence-electron chi connectivity index (χ0n) is 11.9. The fraction of sp³-hybridized carbons (Fsp3) is 0.250. The monoisotopic (exact) mass is 266 g/mol. The van der Waals surface area contributed by atoms with Gasteiger partial charge in [0.15, 0.2) is 0 Å². The minimum absolute atomic E-state index is 0.546. The van der Waals surface area contributed by atoms with Crippen molar-refractivity contribution in [2.24, 2.45) is 5.73 Å². The van der Waals surface area contributed by atoms with Gasteiger partial charge in [0.05, 0.1) is 11.2 Å². The van der Waals surface area contributed by atoms with Crippen LogP contribution in [0.1, 0.15) is 25.4 Å². The van der Waals surface area contributed by atoms with Crippen LogP contribution in [-0.4, -0.2) is 15.0 Å². The number of para-hydroxylation sites is 1. The van der Waals surface area contributed by atoms with Gasteiger partial charge in [-0.1, -0.05) is 18.2 Å². The first-order valence-electron chi connectivity index (χ1n) is 6.67. The van der Waals surface area contributed by atoms with Gasteiger partial charge in [0.1, 0.15) is 5.82 Å². The van der Waals surface area contributed by atoms with E-state index >= 15 is 0 Å². The van der Waals surface area contributed by atoms with Gasteiger partial charge in [-0.3, -0.25) is 0 Å². The largest absolute Gasteiger partial charge is 0.358 e. The second kappa shape index (κ2) is 4.42. The third-order valence-electron chi connectivity index (χ3n) is 3.38. The number of nitrogens with zero attached hydrogens (tertiary/aromatic N) is 2. The molecule has 0 saturated heterocycles. The molecule has 3 N–H and O–H groups in total. The van der Waals surface area contributed by atoms with Crippen LogP contribution in [0.25, 0.3) is 22.2 Å². The molecular weight excluding hydrogens is 248 g/mol. The Morgan fingerprint density at radius 1 is 1.15 bits per heavy atom. The van der Waals surface area contributed by atoms with E-state index in [1.807, 2.05) is 32.0 Å².